The first kappa shape index (κ1) is 12.4. The smallest absolute Gasteiger partial charge is 0.149 e. The van der Waals surface area contributed by atoms with Crippen molar-refractivity contribution in [2.75, 3.05) is 12.4 Å². The van der Waals surface area contributed by atoms with Crippen LogP contribution < -0.4 is 10.5 Å². The van der Waals surface area contributed by atoms with Gasteiger partial charge in [0, 0.05) is 23.9 Å². The predicted octanol–water partition coefficient (Wildman–Crippen LogP) is 2.77. The van der Waals surface area contributed by atoms with E-state index in [1.54, 1.807) is 23.1 Å². The highest BCUT2D eigenvalue weighted by Crippen LogP contribution is 2.20. The Morgan fingerprint density at radius 1 is 1.29 bits per heavy atom. The van der Waals surface area contributed by atoms with Crippen LogP contribution in [-0.2, 0) is 6.54 Å². The summed E-state index contributed by atoms with van der Waals surface area (Å²) in [5, 5.41) is 1.98. The number of thioether (sulfide) groups is 1. The molecule has 17 heavy (non-hydrogen) atoms. The molecule has 2 aromatic rings. The summed E-state index contributed by atoms with van der Waals surface area (Å²) >= 11 is 3.37. The van der Waals surface area contributed by atoms with Crippen molar-refractivity contribution in [3.63, 3.8) is 0 Å². The second kappa shape index (κ2) is 6.64. The van der Waals surface area contributed by atoms with E-state index >= 15 is 0 Å². The van der Waals surface area contributed by atoms with Crippen molar-refractivity contribution in [1.82, 2.24) is 4.98 Å². The van der Waals surface area contributed by atoms with Crippen LogP contribution in [0.2, 0.25) is 0 Å². The van der Waals surface area contributed by atoms with E-state index in [1.165, 1.54) is 0 Å². The molecule has 0 spiro atoms. The van der Waals surface area contributed by atoms with Gasteiger partial charge in [-0.05, 0) is 17.7 Å². The minimum absolute atomic E-state index is 0.570. The average Bonchev–Trinajstić information content (AvgIpc) is 2.88. The molecule has 0 aliphatic heterocycles. The molecule has 5 heteroatoms. The summed E-state index contributed by atoms with van der Waals surface area (Å²) in [6, 6.07) is 7.89. The largest absolute Gasteiger partial charge is 0.493 e. The van der Waals surface area contributed by atoms with Crippen molar-refractivity contribution in [2.45, 2.75) is 10.9 Å². The number of hydrogen-bond donors (Lipinski definition) is 1. The minimum Gasteiger partial charge on any atom is -0.493 e. The predicted molar refractivity (Wildman–Crippen MR) is 72.7 cm³/mol. The van der Waals surface area contributed by atoms with Crippen LogP contribution in [-0.4, -0.2) is 17.3 Å². The van der Waals surface area contributed by atoms with Crippen molar-refractivity contribution in [3.05, 3.63) is 41.4 Å². The van der Waals surface area contributed by atoms with E-state index in [9.17, 15) is 0 Å². The Balaban J connectivity index is 1.70. The van der Waals surface area contributed by atoms with Gasteiger partial charge in [-0.1, -0.05) is 23.9 Å². The first-order chi connectivity index (χ1) is 8.38. The number of benzene rings is 1. The van der Waals surface area contributed by atoms with Crippen LogP contribution in [0.15, 0.2) is 40.2 Å². The fourth-order valence-corrected chi connectivity index (χ4v) is 2.82. The van der Waals surface area contributed by atoms with Gasteiger partial charge in [0.1, 0.15) is 10.1 Å². The molecule has 0 aliphatic rings. The number of aromatic nitrogens is 1. The fourth-order valence-electron chi connectivity index (χ4n) is 1.29. The Hall–Kier alpha value is -1.04. The summed E-state index contributed by atoms with van der Waals surface area (Å²) in [4.78, 5) is 4.20. The summed E-state index contributed by atoms with van der Waals surface area (Å²) in [6.45, 7) is 1.26. The van der Waals surface area contributed by atoms with E-state index in [-0.39, 0.29) is 0 Å². The van der Waals surface area contributed by atoms with E-state index in [0.29, 0.717) is 13.2 Å². The third kappa shape index (κ3) is 4.03. The first-order valence-corrected chi connectivity index (χ1v) is 7.19. The van der Waals surface area contributed by atoms with E-state index in [0.717, 1.165) is 21.4 Å². The molecule has 0 atom stereocenters. The highest BCUT2D eigenvalue weighted by molar-refractivity contribution is 8.01. The van der Waals surface area contributed by atoms with Crippen LogP contribution in [0.3, 0.4) is 0 Å². The van der Waals surface area contributed by atoms with Gasteiger partial charge in [-0.15, -0.1) is 11.3 Å². The minimum atomic E-state index is 0.570. The van der Waals surface area contributed by atoms with Crippen LogP contribution in [0.4, 0.5) is 0 Å². The maximum atomic E-state index is 5.62. The van der Waals surface area contributed by atoms with E-state index in [1.807, 2.05) is 35.8 Å². The maximum absolute atomic E-state index is 5.62. The zero-order chi connectivity index (χ0) is 11.9. The standard InChI is InChI=1S/C12H14N2OS2/c13-9-10-1-3-11(4-2-10)15-6-8-17-12-14-5-7-16-12/h1-5,7H,6,8-9,13H2. The first-order valence-electron chi connectivity index (χ1n) is 5.32. The summed E-state index contributed by atoms with van der Waals surface area (Å²) in [7, 11) is 0. The lowest BCUT2D eigenvalue weighted by Crippen LogP contribution is -2.00. The normalized spacial score (nSPS) is 10.4. The molecule has 1 heterocycles. The Labute approximate surface area is 109 Å². The van der Waals surface area contributed by atoms with E-state index in [4.69, 9.17) is 10.5 Å². The van der Waals surface area contributed by atoms with Gasteiger partial charge in [-0.2, -0.15) is 0 Å². The zero-order valence-electron chi connectivity index (χ0n) is 9.33. The zero-order valence-corrected chi connectivity index (χ0v) is 11.0. The van der Waals surface area contributed by atoms with Gasteiger partial charge >= 0.3 is 0 Å². The third-order valence-corrected chi connectivity index (χ3v) is 4.08. The lowest BCUT2D eigenvalue weighted by atomic mass is 10.2. The molecule has 0 fully saturated rings. The summed E-state index contributed by atoms with van der Waals surface area (Å²) in [6.07, 6.45) is 1.82. The SMILES string of the molecule is NCc1ccc(OCCSc2nccs2)cc1. The van der Waals surface area contributed by atoms with Crippen molar-refractivity contribution < 1.29 is 4.74 Å². The molecule has 2 rings (SSSR count). The van der Waals surface area contributed by atoms with Crippen LogP contribution >= 0.6 is 23.1 Å². The van der Waals surface area contributed by atoms with Gasteiger partial charge in [-0.25, -0.2) is 4.98 Å². The number of rotatable bonds is 6. The van der Waals surface area contributed by atoms with Gasteiger partial charge in [0.25, 0.3) is 0 Å². The average molecular weight is 266 g/mol. The highest BCUT2D eigenvalue weighted by atomic mass is 32.2. The molecule has 0 amide bonds. The second-order valence-corrected chi connectivity index (χ2v) is 5.58. The monoisotopic (exact) mass is 266 g/mol. The summed E-state index contributed by atoms with van der Waals surface area (Å²) < 4.78 is 6.71. The number of thiazole rings is 1. The second-order valence-electron chi connectivity index (χ2n) is 3.34. The Bertz CT molecular complexity index is 428. The molecule has 0 aliphatic carbocycles. The molecule has 0 saturated carbocycles. The lowest BCUT2D eigenvalue weighted by molar-refractivity contribution is 0.344. The summed E-state index contributed by atoms with van der Waals surface area (Å²) in [5.41, 5.74) is 6.65. The molecule has 0 saturated heterocycles. The van der Waals surface area contributed by atoms with Gasteiger partial charge in [-0.3, -0.25) is 0 Å². The van der Waals surface area contributed by atoms with Crippen LogP contribution in [0.5, 0.6) is 5.75 Å². The van der Waals surface area contributed by atoms with Crippen molar-refractivity contribution in [2.24, 2.45) is 5.73 Å². The Morgan fingerprint density at radius 3 is 2.76 bits per heavy atom. The van der Waals surface area contributed by atoms with E-state index < -0.39 is 0 Å². The summed E-state index contributed by atoms with van der Waals surface area (Å²) in [5.74, 6) is 1.80. The van der Waals surface area contributed by atoms with Crippen LogP contribution in [0, 0.1) is 0 Å². The van der Waals surface area contributed by atoms with Gasteiger partial charge in [0.2, 0.25) is 0 Å². The van der Waals surface area contributed by atoms with Crippen LogP contribution in [0.25, 0.3) is 0 Å². The van der Waals surface area contributed by atoms with Gasteiger partial charge < -0.3 is 10.5 Å². The molecule has 90 valence electrons. The molecular weight excluding hydrogens is 252 g/mol. The molecule has 0 unspecified atom stereocenters. The Morgan fingerprint density at radius 2 is 2.12 bits per heavy atom. The van der Waals surface area contributed by atoms with Gasteiger partial charge in [0.05, 0.1) is 6.61 Å². The van der Waals surface area contributed by atoms with Gasteiger partial charge in [0.15, 0.2) is 0 Å². The van der Waals surface area contributed by atoms with E-state index in [2.05, 4.69) is 4.98 Å². The maximum Gasteiger partial charge on any atom is 0.149 e. The van der Waals surface area contributed by atoms with Crippen LogP contribution in [0.1, 0.15) is 5.56 Å². The molecule has 1 aromatic heterocycles. The number of ether oxygens (including phenoxy) is 1. The quantitative estimate of drug-likeness (QED) is 0.645. The number of nitrogens with zero attached hydrogens (tertiary/aromatic N) is 1. The highest BCUT2D eigenvalue weighted by Gasteiger charge is 1.97. The van der Waals surface area contributed by atoms with Crippen molar-refractivity contribution in [3.8, 4) is 5.75 Å². The number of hydrogen-bond acceptors (Lipinski definition) is 5. The number of nitrogens with two attached hydrogens (primary N) is 1. The lowest BCUT2D eigenvalue weighted by Gasteiger charge is -2.05. The van der Waals surface area contributed by atoms with Crippen molar-refractivity contribution >= 4 is 23.1 Å². The van der Waals surface area contributed by atoms with Crippen molar-refractivity contribution in [1.29, 1.82) is 0 Å². The molecule has 0 radical (unpaired) electrons. The molecule has 3 nitrogen and oxygen atoms in total. The topological polar surface area (TPSA) is 48.1 Å². The fraction of sp³-hybridized carbons (Fsp3) is 0.250. The molecule has 0 bridgehead atoms. The third-order valence-electron chi connectivity index (χ3n) is 2.15. The molecule has 1 aromatic carbocycles. The Kier molecular flexibility index (Phi) is 4.85. The molecular formula is C12H14N2OS2. The molecule has 2 N–H and O–H groups in total.